The van der Waals surface area contributed by atoms with Crippen LogP contribution in [0.15, 0.2) is 17.2 Å². The van der Waals surface area contributed by atoms with E-state index in [2.05, 4.69) is 10.0 Å². The Morgan fingerprint density at radius 3 is 2.93 bits per heavy atom. The molecule has 0 N–H and O–H groups in total. The van der Waals surface area contributed by atoms with E-state index in [0.29, 0.717) is 24.0 Å². The molecular formula is C10H9F2N3. The maximum absolute atomic E-state index is 13.4. The minimum Gasteiger partial charge on any atom is -0.207 e. The molecule has 5 heteroatoms. The lowest BCUT2D eigenvalue weighted by Gasteiger charge is -2.22. The normalized spacial score (nSPS) is 19.2. The first-order chi connectivity index (χ1) is 7.22. The van der Waals surface area contributed by atoms with Crippen molar-refractivity contribution in [3.05, 3.63) is 45.3 Å². The molecule has 1 aliphatic rings. The van der Waals surface area contributed by atoms with Crippen molar-refractivity contribution < 1.29 is 8.78 Å². The van der Waals surface area contributed by atoms with Crippen molar-refractivity contribution in [3.8, 4) is 0 Å². The molecule has 2 rings (SSSR count). The van der Waals surface area contributed by atoms with E-state index in [4.69, 9.17) is 5.53 Å². The molecule has 0 fully saturated rings. The van der Waals surface area contributed by atoms with Gasteiger partial charge in [-0.3, -0.25) is 0 Å². The Morgan fingerprint density at radius 1 is 1.40 bits per heavy atom. The zero-order valence-corrected chi connectivity index (χ0v) is 7.95. The molecule has 0 bridgehead atoms. The van der Waals surface area contributed by atoms with E-state index >= 15 is 0 Å². The fourth-order valence-electron chi connectivity index (χ4n) is 1.99. The van der Waals surface area contributed by atoms with E-state index in [0.717, 1.165) is 12.5 Å². The highest BCUT2D eigenvalue weighted by Crippen LogP contribution is 2.34. The smallest absolute Gasteiger partial charge is 0.129 e. The van der Waals surface area contributed by atoms with Crippen LogP contribution in [0.2, 0.25) is 0 Å². The molecule has 0 spiro atoms. The third-order valence-corrected chi connectivity index (χ3v) is 2.65. The van der Waals surface area contributed by atoms with Crippen molar-refractivity contribution in [1.82, 2.24) is 0 Å². The van der Waals surface area contributed by atoms with Gasteiger partial charge in [-0.1, -0.05) is 5.11 Å². The quantitative estimate of drug-likeness (QED) is 0.385. The van der Waals surface area contributed by atoms with Crippen LogP contribution in [0, 0.1) is 11.6 Å². The first-order valence-corrected chi connectivity index (χ1v) is 4.74. The SMILES string of the molecule is [N-]=[N+]=NC1CCCc2c(F)cc(F)cc21. The fraction of sp³-hybridized carbons (Fsp3) is 0.400. The Kier molecular flexibility index (Phi) is 2.56. The van der Waals surface area contributed by atoms with Gasteiger partial charge < -0.3 is 0 Å². The van der Waals surface area contributed by atoms with Crippen LogP contribution in [0.25, 0.3) is 10.4 Å². The molecular weight excluding hydrogens is 200 g/mol. The van der Waals surface area contributed by atoms with Crippen LogP contribution < -0.4 is 0 Å². The molecule has 0 saturated heterocycles. The predicted octanol–water partition coefficient (Wildman–Crippen LogP) is 3.65. The lowest BCUT2D eigenvalue weighted by atomic mass is 9.88. The molecule has 0 radical (unpaired) electrons. The number of halogens is 2. The minimum absolute atomic E-state index is 0.427. The van der Waals surface area contributed by atoms with Gasteiger partial charge >= 0.3 is 0 Å². The molecule has 1 aromatic carbocycles. The van der Waals surface area contributed by atoms with Gasteiger partial charge in [0.05, 0.1) is 6.04 Å². The summed E-state index contributed by atoms with van der Waals surface area (Å²) in [6.45, 7) is 0. The predicted molar refractivity (Wildman–Crippen MR) is 51.2 cm³/mol. The third-order valence-electron chi connectivity index (χ3n) is 2.65. The van der Waals surface area contributed by atoms with E-state index < -0.39 is 17.7 Å². The number of rotatable bonds is 1. The molecule has 15 heavy (non-hydrogen) atoms. The van der Waals surface area contributed by atoms with Crippen LogP contribution in [-0.2, 0) is 6.42 Å². The molecule has 1 aliphatic carbocycles. The van der Waals surface area contributed by atoms with Gasteiger partial charge in [0.1, 0.15) is 11.6 Å². The number of nitrogens with zero attached hydrogens (tertiary/aromatic N) is 3. The summed E-state index contributed by atoms with van der Waals surface area (Å²) >= 11 is 0. The summed E-state index contributed by atoms with van der Waals surface area (Å²) in [5, 5.41) is 3.55. The Labute approximate surface area is 85.4 Å². The van der Waals surface area contributed by atoms with Crippen molar-refractivity contribution in [2.24, 2.45) is 5.11 Å². The number of hydrogen-bond donors (Lipinski definition) is 0. The zero-order chi connectivity index (χ0) is 10.8. The monoisotopic (exact) mass is 209 g/mol. The molecule has 0 saturated carbocycles. The van der Waals surface area contributed by atoms with Gasteiger partial charge in [0.2, 0.25) is 0 Å². The van der Waals surface area contributed by atoms with Crippen molar-refractivity contribution in [1.29, 1.82) is 0 Å². The van der Waals surface area contributed by atoms with Gasteiger partial charge in [-0.05, 0) is 42.0 Å². The first kappa shape index (κ1) is 9.93. The number of fused-ring (bicyclic) bond motifs is 1. The Morgan fingerprint density at radius 2 is 2.20 bits per heavy atom. The van der Waals surface area contributed by atoms with Crippen LogP contribution in [0.3, 0.4) is 0 Å². The molecule has 0 amide bonds. The largest absolute Gasteiger partial charge is 0.207 e. The van der Waals surface area contributed by atoms with Crippen molar-refractivity contribution in [2.75, 3.05) is 0 Å². The maximum Gasteiger partial charge on any atom is 0.129 e. The van der Waals surface area contributed by atoms with Crippen molar-refractivity contribution in [3.63, 3.8) is 0 Å². The second kappa shape index (κ2) is 3.87. The molecule has 78 valence electrons. The van der Waals surface area contributed by atoms with Gasteiger partial charge in [0.25, 0.3) is 0 Å². The van der Waals surface area contributed by atoms with Crippen LogP contribution in [0.1, 0.15) is 30.0 Å². The van der Waals surface area contributed by atoms with Gasteiger partial charge in [-0.15, -0.1) is 0 Å². The average molecular weight is 209 g/mol. The van der Waals surface area contributed by atoms with E-state index in [-0.39, 0.29) is 0 Å². The van der Waals surface area contributed by atoms with E-state index in [9.17, 15) is 8.78 Å². The Balaban J connectivity index is 2.55. The van der Waals surface area contributed by atoms with Gasteiger partial charge in [0, 0.05) is 11.0 Å². The summed E-state index contributed by atoms with van der Waals surface area (Å²) < 4.78 is 26.4. The lowest BCUT2D eigenvalue weighted by Crippen LogP contribution is -2.10. The van der Waals surface area contributed by atoms with E-state index in [1.54, 1.807) is 0 Å². The van der Waals surface area contributed by atoms with Crippen LogP contribution >= 0.6 is 0 Å². The molecule has 0 heterocycles. The molecule has 1 unspecified atom stereocenters. The molecule has 0 aromatic heterocycles. The third kappa shape index (κ3) is 1.78. The summed E-state index contributed by atoms with van der Waals surface area (Å²) in [7, 11) is 0. The topological polar surface area (TPSA) is 48.8 Å². The number of azide groups is 1. The summed E-state index contributed by atoms with van der Waals surface area (Å²) in [4.78, 5) is 2.70. The van der Waals surface area contributed by atoms with Gasteiger partial charge in [0.15, 0.2) is 0 Å². The number of hydrogen-bond acceptors (Lipinski definition) is 1. The zero-order valence-electron chi connectivity index (χ0n) is 7.95. The average Bonchev–Trinajstić information content (AvgIpc) is 2.19. The van der Waals surface area contributed by atoms with E-state index in [1.807, 2.05) is 0 Å². The molecule has 1 aromatic rings. The molecule has 1 atom stereocenters. The van der Waals surface area contributed by atoms with Gasteiger partial charge in [-0.25, -0.2) is 8.78 Å². The highest BCUT2D eigenvalue weighted by molar-refractivity contribution is 5.34. The summed E-state index contributed by atoms with van der Waals surface area (Å²) in [6, 6.07) is 1.71. The second-order valence-electron chi connectivity index (χ2n) is 3.57. The standard InChI is InChI=1S/C10H9F2N3/c11-6-4-8-7(9(12)5-6)2-1-3-10(8)14-15-13/h4-5,10H,1-3H2. The minimum atomic E-state index is -0.619. The van der Waals surface area contributed by atoms with Crippen LogP contribution in [0.4, 0.5) is 8.78 Å². The summed E-state index contributed by atoms with van der Waals surface area (Å²) in [6.07, 6.45) is 2.00. The van der Waals surface area contributed by atoms with E-state index in [1.165, 1.54) is 6.07 Å². The first-order valence-electron chi connectivity index (χ1n) is 4.74. The molecule has 0 aliphatic heterocycles. The van der Waals surface area contributed by atoms with Crippen molar-refractivity contribution >= 4 is 0 Å². The summed E-state index contributed by atoms with van der Waals surface area (Å²) in [5.74, 6) is -1.16. The Hall–Kier alpha value is -1.61. The van der Waals surface area contributed by atoms with Crippen LogP contribution in [-0.4, -0.2) is 0 Å². The Bertz CT molecular complexity index is 439. The highest BCUT2D eigenvalue weighted by atomic mass is 19.1. The van der Waals surface area contributed by atoms with Gasteiger partial charge in [-0.2, -0.15) is 0 Å². The second-order valence-corrected chi connectivity index (χ2v) is 3.57. The summed E-state index contributed by atoms with van der Waals surface area (Å²) in [5.41, 5.74) is 9.34. The highest BCUT2D eigenvalue weighted by Gasteiger charge is 2.22. The van der Waals surface area contributed by atoms with Crippen LogP contribution in [0.5, 0.6) is 0 Å². The van der Waals surface area contributed by atoms with Crippen molar-refractivity contribution in [2.45, 2.75) is 25.3 Å². The fourth-order valence-corrected chi connectivity index (χ4v) is 1.99. The number of benzene rings is 1. The lowest BCUT2D eigenvalue weighted by molar-refractivity contribution is 0.512. The molecule has 3 nitrogen and oxygen atoms in total. The maximum atomic E-state index is 13.4.